The molecule has 0 amide bonds. The molecular weight excluding hydrogens is 214 g/mol. The smallest absolute Gasteiger partial charge is 0.158 e. The van der Waals surface area contributed by atoms with Gasteiger partial charge in [0, 0.05) is 12.4 Å². The van der Waals surface area contributed by atoms with Crippen LogP contribution in [0.3, 0.4) is 0 Å². The molecule has 2 aromatic rings. The van der Waals surface area contributed by atoms with Gasteiger partial charge in [-0.3, -0.25) is 4.68 Å². The van der Waals surface area contributed by atoms with E-state index in [1.54, 1.807) is 4.68 Å². The van der Waals surface area contributed by atoms with Crippen molar-refractivity contribution in [3.63, 3.8) is 0 Å². The highest BCUT2D eigenvalue weighted by Gasteiger charge is 2.09. The van der Waals surface area contributed by atoms with Crippen LogP contribution in [0.4, 0.5) is 0 Å². The molecule has 0 aliphatic heterocycles. The second kappa shape index (κ2) is 4.18. The highest BCUT2D eigenvalue weighted by atomic mass is 35.5. The number of benzene rings is 1. The van der Waals surface area contributed by atoms with Crippen LogP contribution < -0.4 is 5.90 Å². The van der Waals surface area contributed by atoms with Crippen LogP contribution in [0.1, 0.15) is 5.56 Å². The molecule has 2 rings (SSSR count). The molecule has 0 fully saturated rings. The molecule has 15 heavy (non-hydrogen) atoms. The summed E-state index contributed by atoms with van der Waals surface area (Å²) in [5, 5.41) is 5.67. The first-order valence-corrected chi connectivity index (χ1v) is 5.03. The topological polar surface area (TPSA) is 53.1 Å². The van der Waals surface area contributed by atoms with Gasteiger partial charge in [-0.1, -0.05) is 23.7 Å². The van der Waals surface area contributed by atoms with Gasteiger partial charge in [0.05, 0.1) is 12.1 Å². The average molecular weight is 226 g/mol. The van der Waals surface area contributed by atoms with E-state index >= 15 is 0 Å². The average Bonchev–Trinajstić information content (AvgIpc) is 2.53. The second-order valence-corrected chi connectivity index (χ2v) is 3.71. The summed E-state index contributed by atoms with van der Waals surface area (Å²) in [6, 6.07) is 5.94. The van der Waals surface area contributed by atoms with E-state index in [0.717, 1.165) is 22.9 Å². The molecule has 1 heterocycles. The number of aromatic nitrogens is 2. The van der Waals surface area contributed by atoms with E-state index < -0.39 is 0 Å². The first-order chi connectivity index (χ1) is 7.24. The summed E-state index contributed by atoms with van der Waals surface area (Å²) < 4.78 is 1.78. The highest BCUT2D eigenvalue weighted by molar-refractivity contribution is 6.34. The van der Waals surface area contributed by atoms with Gasteiger partial charge in [-0.15, -0.1) is 0 Å². The van der Waals surface area contributed by atoms with Crippen molar-refractivity contribution in [2.75, 3.05) is 6.61 Å². The Kier molecular flexibility index (Phi) is 2.90. The van der Waals surface area contributed by atoms with Crippen molar-refractivity contribution in [1.82, 2.24) is 9.78 Å². The van der Waals surface area contributed by atoms with Crippen LogP contribution in [0.25, 0.3) is 10.9 Å². The van der Waals surface area contributed by atoms with Crippen molar-refractivity contribution in [2.45, 2.75) is 6.42 Å². The molecule has 2 N–H and O–H groups in total. The summed E-state index contributed by atoms with van der Waals surface area (Å²) in [5.41, 5.74) is 2.18. The van der Waals surface area contributed by atoms with Crippen LogP contribution in [0, 0.1) is 0 Å². The third-order valence-corrected chi connectivity index (χ3v) is 2.67. The highest BCUT2D eigenvalue weighted by Crippen LogP contribution is 2.25. The summed E-state index contributed by atoms with van der Waals surface area (Å²) in [7, 11) is 1.88. The normalized spacial score (nSPS) is 11.1. The van der Waals surface area contributed by atoms with Gasteiger partial charge >= 0.3 is 0 Å². The number of fused-ring (bicyclic) bond motifs is 1. The SMILES string of the molecule is Cn1nc(Cl)c2cccc(CCON)c21. The Morgan fingerprint density at radius 3 is 3.07 bits per heavy atom. The Morgan fingerprint density at radius 2 is 2.33 bits per heavy atom. The Bertz CT molecular complexity index is 481. The molecule has 4 nitrogen and oxygen atoms in total. The number of aryl methyl sites for hydroxylation is 1. The fraction of sp³-hybridized carbons (Fsp3) is 0.300. The molecule has 0 aliphatic carbocycles. The van der Waals surface area contributed by atoms with Gasteiger partial charge in [0.1, 0.15) is 0 Å². The molecule has 0 spiro atoms. The lowest BCUT2D eigenvalue weighted by molar-refractivity contribution is 0.141. The lowest BCUT2D eigenvalue weighted by atomic mass is 10.1. The first kappa shape index (κ1) is 10.4. The standard InChI is InChI=1S/C10H12ClN3O/c1-14-9-7(5-6-15-12)3-2-4-8(9)10(11)13-14/h2-4H,5-6,12H2,1H3. The van der Waals surface area contributed by atoms with Gasteiger partial charge < -0.3 is 4.84 Å². The Morgan fingerprint density at radius 1 is 1.53 bits per heavy atom. The van der Waals surface area contributed by atoms with Gasteiger partial charge in [0.2, 0.25) is 0 Å². The van der Waals surface area contributed by atoms with E-state index in [9.17, 15) is 0 Å². The zero-order valence-corrected chi connectivity index (χ0v) is 9.16. The molecule has 1 aromatic heterocycles. The fourth-order valence-electron chi connectivity index (χ4n) is 1.75. The summed E-state index contributed by atoms with van der Waals surface area (Å²) >= 11 is 6.00. The maximum absolute atomic E-state index is 6.00. The molecule has 80 valence electrons. The minimum atomic E-state index is 0.488. The van der Waals surface area contributed by atoms with Crippen molar-refractivity contribution >= 4 is 22.5 Å². The van der Waals surface area contributed by atoms with Gasteiger partial charge in [-0.2, -0.15) is 5.10 Å². The maximum Gasteiger partial charge on any atom is 0.158 e. The van der Waals surface area contributed by atoms with Crippen LogP contribution in [-0.4, -0.2) is 16.4 Å². The van der Waals surface area contributed by atoms with E-state index in [0.29, 0.717) is 11.8 Å². The molecular formula is C10H12ClN3O. The zero-order chi connectivity index (χ0) is 10.8. The van der Waals surface area contributed by atoms with Gasteiger partial charge in [-0.25, -0.2) is 5.90 Å². The summed E-state index contributed by atoms with van der Waals surface area (Å²) in [4.78, 5) is 4.58. The van der Waals surface area contributed by atoms with Crippen molar-refractivity contribution in [3.8, 4) is 0 Å². The van der Waals surface area contributed by atoms with Crippen LogP contribution in [-0.2, 0) is 18.3 Å². The summed E-state index contributed by atoms with van der Waals surface area (Å²) in [5.74, 6) is 5.02. The first-order valence-electron chi connectivity index (χ1n) is 4.66. The molecule has 0 radical (unpaired) electrons. The molecule has 0 unspecified atom stereocenters. The molecule has 0 aliphatic rings. The van der Waals surface area contributed by atoms with Crippen LogP contribution >= 0.6 is 11.6 Å². The minimum absolute atomic E-state index is 0.488. The number of rotatable bonds is 3. The van der Waals surface area contributed by atoms with E-state index in [2.05, 4.69) is 9.94 Å². The number of para-hydroxylation sites is 1. The predicted octanol–water partition coefficient (Wildman–Crippen LogP) is 1.66. The number of nitrogens with two attached hydrogens (primary N) is 1. The van der Waals surface area contributed by atoms with Crippen molar-refractivity contribution in [3.05, 3.63) is 28.9 Å². The lowest BCUT2D eigenvalue weighted by Crippen LogP contribution is -2.05. The third kappa shape index (κ3) is 1.84. The Labute approximate surface area is 92.5 Å². The Balaban J connectivity index is 2.54. The maximum atomic E-state index is 6.00. The van der Waals surface area contributed by atoms with Gasteiger partial charge in [0.25, 0.3) is 0 Å². The van der Waals surface area contributed by atoms with Crippen LogP contribution in [0.2, 0.25) is 5.15 Å². The monoisotopic (exact) mass is 225 g/mol. The summed E-state index contributed by atoms with van der Waals surface area (Å²) in [6.07, 6.45) is 0.754. The number of halogens is 1. The molecule has 0 saturated heterocycles. The Hall–Kier alpha value is -1.10. The molecule has 0 bridgehead atoms. The largest absolute Gasteiger partial charge is 0.304 e. The van der Waals surface area contributed by atoms with E-state index in [4.69, 9.17) is 17.5 Å². The minimum Gasteiger partial charge on any atom is -0.304 e. The molecule has 1 aromatic carbocycles. The van der Waals surface area contributed by atoms with E-state index in [1.165, 1.54) is 0 Å². The number of nitrogens with zero attached hydrogens (tertiary/aromatic N) is 2. The number of hydrogen-bond donors (Lipinski definition) is 1. The molecule has 0 saturated carbocycles. The van der Waals surface area contributed by atoms with Crippen LogP contribution in [0.15, 0.2) is 18.2 Å². The molecule has 0 atom stereocenters. The van der Waals surface area contributed by atoms with E-state index in [-0.39, 0.29) is 0 Å². The number of hydrogen-bond acceptors (Lipinski definition) is 3. The third-order valence-electron chi connectivity index (χ3n) is 2.39. The van der Waals surface area contributed by atoms with Crippen molar-refractivity contribution < 1.29 is 4.84 Å². The quantitative estimate of drug-likeness (QED) is 0.809. The van der Waals surface area contributed by atoms with Crippen molar-refractivity contribution in [1.29, 1.82) is 0 Å². The lowest BCUT2D eigenvalue weighted by Gasteiger charge is -2.03. The predicted molar refractivity (Wildman–Crippen MR) is 59.6 cm³/mol. The van der Waals surface area contributed by atoms with Gasteiger partial charge in [0.15, 0.2) is 5.15 Å². The fourth-order valence-corrected chi connectivity index (χ4v) is 2.01. The van der Waals surface area contributed by atoms with Crippen LogP contribution in [0.5, 0.6) is 0 Å². The summed E-state index contributed by atoms with van der Waals surface area (Å²) in [6.45, 7) is 0.488. The zero-order valence-electron chi connectivity index (χ0n) is 8.40. The van der Waals surface area contributed by atoms with Gasteiger partial charge in [-0.05, 0) is 18.1 Å². The second-order valence-electron chi connectivity index (χ2n) is 3.35. The molecule has 5 heteroatoms. The van der Waals surface area contributed by atoms with E-state index in [1.807, 2.05) is 25.2 Å². The van der Waals surface area contributed by atoms with Crippen molar-refractivity contribution in [2.24, 2.45) is 12.9 Å².